The maximum Gasteiger partial charge on any atom is 0.280 e. The van der Waals surface area contributed by atoms with Crippen molar-refractivity contribution in [3.8, 4) is 0 Å². The van der Waals surface area contributed by atoms with E-state index in [0.717, 1.165) is 15.9 Å². The molecule has 0 spiro atoms. The topological polar surface area (TPSA) is 45.8 Å². The Hall–Kier alpha value is -2.40. The number of furan rings is 1. The Morgan fingerprint density at radius 3 is 2.86 bits per heavy atom. The van der Waals surface area contributed by atoms with E-state index in [4.69, 9.17) is 4.42 Å². The van der Waals surface area contributed by atoms with Crippen molar-refractivity contribution >= 4 is 39.3 Å². The molecule has 3 rings (SSSR count). The summed E-state index contributed by atoms with van der Waals surface area (Å²) in [6, 6.07) is 11.1. The van der Waals surface area contributed by atoms with Gasteiger partial charge in [0.25, 0.3) is 5.91 Å². The Bertz CT molecular complexity index is 789. The Morgan fingerprint density at radius 1 is 1.27 bits per heavy atom. The van der Waals surface area contributed by atoms with Gasteiger partial charge in [-0.25, -0.2) is 0 Å². The van der Waals surface area contributed by atoms with E-state index in [0.29, 0.717) is 11.3 Å². The molecule has 0 aliphatic carbocycles. The van der Waals surface area contributed by atoms with Crippen molar-refractivity contribution in [3.63, 3.8) is 0 Å². The van der Waals surface area contributed by atoms with Crippen LogP contribution in [0.25, 0.3) is 6.08 Å². The molecule has 0 bridgehead atoms. The molecule has 0 N–H and O–H groups in total. The van der Waals surface area contributed by atoms with Crippen molar-refractivity contribution in [2.45, 2.75) is 6.92 Å². The molecule has 5 heteroatoms. The molecule has 4 nitrogen and oxygen atoms in total. The minimum absolute atomic E-state index is 0.139. The Labute approximate surface area is 136 Å². The normalized spacial score (nSPS) is 16.8. The Kier molecular flexibility index (Phi) is 4.06. The molecule has 0 saturated heterocycles. The van der Waals surface area contributed by atoms with E-state index in [2.05, 4.69) is 21.0 Å². The second-order valence-electron chi connectivity index (χ2n) is 4.74. The van der Waals surface area contributed by atoms with E-state index in [-0.39, 0.29) is 5.91 Å². The van der Waals surface area contributed by atoms with E-state index in [1.807, 2.05) is 43.3 Å². The monoisotopic (exact) mass is 356 g/mol. The van der Waals surface area contributed by atoms with Crippen molar-refractivity contribution in [2.75, 3.05) is 5.01 Å². The maximum atomic E-state index is 12.5. The molecule has 22 heavy (non-hydrogen) atoms. The third-order valence-electron chi connectivity index (χ3n) is 3.18. The van der Waals surface area contributed by atoms with Crippen LogP contribution >= 0.6 is 15.9 Å². The molecule has 0 fully saturated rings. The lowest BCUT2D eigenvalue weighted by Crippen LogP contribution is -2.21. The van der Waals surface area contributed by atoms with Gasteiger partial charge < -0.3 is 4.42 Å². The van der Waals surface area contributed by atoms with Gasteiger partial charge >= 0.3 is 0 Å². The van der Waals surface area contributed by atoms with Crippen LogP contribution in [-0.4, -0.2) is 11.6 Å². The molecule has 0 radical (unpaired) electrons. The number of hydrogen-bond donors (Lipinski definition) is 0. The van der Waals surface area contributed by atoms with E-state index >= 15 is 0 Å². The van der Waals surface area contributed by atoms with Crippen LogP contribution in [0.15, 0.2) is 74.4 Å². The van der Waals surface area contributed by atoms with Crippen LogP contribution in [0.1, 0.15) is 12.7 Å². The average Bonchev–Trinajstić information content (AvgIpc) is 3.10. The van der Waals surface area contributed by atoms with Crippen LogP contribution < -0.4 is 5.01 Å². The molecule has 0 saturated carbocycles. The van der Waals surface area contributed by atoms with Gasteiger partial charge in [0.05, 0.1) is 23.2 Å². The number of benzene rings is 1. The molecule has 0 unspecified atom stereocenters. The van der Waals surface area contributed by atoms with E-state index in [1.165, 1.54) is 5.01 Å². The molecule has 1 aliphatic rings. The lowest BCUT2D eigenvalue weighted by molar-refractivity contribution is -0.114. The summed E-state index contributed by atoms with van der Waals surface area (Å²) < 4.78 is 6.11. The summed E-state index contributed by atoms with van der Waals surface area (Å²) in [5.41, 5.74) is 1.99. The van der Waals surface area contributed by atoms with Crippen LogP contribution in [0.5, 0.6) is 0 Å². The molecular weight excluding hydrogens is 344 g/mol. The van der Waals surface area contributed by atoms with Crippen molar-refractivity contribution in [2.24, 2.45) is 5.10 Å². The molecule has 2 heterocycles. The molecule has 1 aromatic carbocycles. The van der Waals surface area contributed by atoms with Crippen LogP contribution in [-0.2, 0) is 4.79 Å². The first-order chi connectivity index (χ1) is 10.6. The van der Waals surface area contributed by atoms with Gasteiger partial charge in [-0.05, 0) is 49.4 Å². The van der Waals surface area contributed by atoms with E-state index < -0.39 is 0 Å². The van der Waals surface area contributed by atoms with Crippen LogP contribution in [0.3, 0.4) is 0 Å². The average molecular weight is 357 g/mol. The van der Waals surface area contributed by atoms with Gasteiger partial charge in [0.1, 0.15) is 5.76 Å². The van der Waals surface area contributed by atoms with Crippen LogP contribution in [0, 0.1) is 0 Å². The van der Waals surface area contributed by atoms with E-state index in [9.17, 15) is 4.79 Å². The zero-order valence-corrected chi connectivity index (χ0v) is 13.4. The van der Waals surface area contributed by atoms with Gasteiger partial charge in [-0.15, -0.1) is 0 Å². The number of halogens is 1. The largest absolute Gasteiger partial charge is 0.465 e. The smallest absolute Gasteiger partial charge is 0.280 e. The summed E-state index contributed by atoms with van der Waals surface area (Å²) >= 11 is 3.40. The zero-order chi connectivity index (χ0) is 15.5. The van der Waals surface area contributed by atoms with Crippen molar-refractivity contribution < 1.29 is 9.21 Å². The summed E-state index contributed by atoms with van der Waals surface area (Å²) in [5, 5.41) is 5.74. The second kappa shape index (κ2) is 6.15. The van der Waals surface area contributed by atoms with Crippen LogP contribution in [0.4, 0.5) is 5.69 Å². The Balaban J connectivity index is 1.84. The zero-order valence-electron chi connectivity index (χ0n) is 11.9. The first kappa shape index (κ1) is 14.5. The minimum Gasteiger partial charge on any atom is -0.465 e. The standard InChI is InChI=1S/C17H13BrN2O2/c1-12-16(9-3-7-15-8-4-10-22-15)17(21)20(19-12)14-6-2-5-13(18)11-14/h2-11H,1H3/b7-3+,16-9-. The summed E-state index contributed by atoms with van der Waals surface area (Å²) in [4.78, 5) is 12.5. The minimum atomic E-state index is -0.139. The second-order valence-corrected chi connectivity index (χ2v) is 5.65. The highest BCUT2D eigenvalue weighted by Gasteiger charge is 2.28. The molecule has 1 aromatic heterocycles. The lowest BCUT2D eigenvalue weighted by Gasteiger charge is -2.11. The van der Waals surface area contributed by atoms with Gasteiger partial charge in [0.2, 0.25) is 0 Å². The lowest BCUT2D eigenvalue weighted by atomic mass is 10.1. The van der Waals surface area contributed by atoms with Gasteiger partial charge in [-0.1, -0.05) is 28.1 Å². The number of allylic oxidation sites excluding steroid dienone is 2. The number of amides is 1. The third kappa shape index (κ3) is 2.94. The first-order valence-electron chi connectivity index (χ1n) is 6.72. The molecule has 110 valence electrons. The summed E-state index contributed by atoms with van der Waals surface area (Å²) in [7, 11) is 0. The number of nitrogens with zero attached hydrogens (tertiary/aromatic N) is 2. The fourth-order valence-electron chi connectivity index (χ4n) is 2.12. The summed E-state index contributed by atoms with van der Waals surface area (Å²) in [6.45, 7) is 1.82. The molecule has 1 amide bonds. The number of rotatable bonds is 3. The fourth-order valence-corrected chi connectivity index (χ4v) is 2.51. The van der Waals surface area contributed by atoms with Gasteiger partial charge in [-0.3, -0.25) is 4.79 Å². The highest BCUT2D eigenvalue weighted by molar-refractivity contribution is 9.10. The molecule has 0 atom stereocenters. The fraction of sp³-hybridized carbons (Fsp3) is 0.0588. The van der Waals surface area contributed by atoms with Gasteiger partial charge in [-0.2, -0.15) is 10.1 Å². The van der Waals surface area contributed by atoms with Crippen molar-refractivity contribution in [1.29, 1.82) is 0 Å². The van der Waals surface area contributed by atoms with Gasteiger partial charge in [0, 0.05) is 4.47 Å². The predicted octanol–water partition coefficient (Wildman–Crippen LogP) is 4.40. The highest BCUT2D eigenvalue weighted by Crippen LogP contribution is 2.26. The number of carbonyl (C=O) groups excluding carboxylic acids is 1. The third-order valence-corrected chi connectivity index (χ3v) is 3.68. The summed E-state index contributed by atoms with van der Waals surface area (Å²) in [6.07, 6.45) is 6.95. The van der Waals surface area contributed by atoms with Crippen LogP contribution in [0.2, 0.25) is 0 Å². The Morgan fingerprint density at radius 2 is 2.14 bits per heavy atom. The molecule has 2 aromatic rings. The van der Waals surface area contributed by atoms with Crippen molar-refractivity contribution in [1.82, 2.24) is 0 Å². The highest BCUT2D eigenvalue weighted by atomic mass is 79.9. The van der Waals surface area contributed by atoms with Crippen molar-refractivity contribution in [3.05, 3.63) is 70.6 Å². The number of hydrazone groups is 1. The van der Waals surface area contributed by atoms with Gasteiger partial charge in [0.15, 0.2) is 0 Å². The SMILES string of the molecule is CC1=NN(c2cccc(Br)c2)C(=O)/C1=C\C=C\c1ccco1. The summed E-state index contributed by atoms with van der Waals surface area (Å²) in [5.74, 6) is 0.598. The first-order valence-corrected chi connectivity index (χ1v) is 7.52. The maximum absolute atomic E-state index is 12.5. The molecule has 1 aliphatic heterocycles. The quantitative estimate of drug-likeness (QED) is 0.764. The molecular formula is C17H13BrN2O2. The number of hydrogen-bond acceptors (Lipinski definition) is 3. The number of carbonyl (C=O) groups is 1. The van der Waals surface area contributed by atoms with E-state index in [1.54, 1.807) is 24.5 Å². The number of anilines is 1. The predicted molar refractivity (Wildman–Crippen MR) is 90.6 cm³/mol.